The van der Waals surface area contributed by atoms with Gasteiger partial charge in [-0.2, -0.15) is 0 Å². The largest absolute Gasteiger partial charge is 0.480 e. The molecule has 324 valence electrons. The molecule has 11 nitrogen and oxygen atoms in total. The molecule has 12 heteroatoms. The highest BCUT2D eigenvalue weighted by Gasteiger charge is 2.28. The van der Waals surface area contributed by atoms with Gasteiger partial charge < -0.3 is 25.2 Å². The molecule has 0 spiro atoms. The first kappa shape index (κ1) is 53.4. The number of ether oxygens (including phenoxy) is 2. The molecule has 0 aromatic heterocycles. The highest BCUT2D eigenvalue weighted by Crippen LogP contribution is 2.43. The summed E-state index contributed by atoms with van der Waals surface area (Å²) < 4.78 is 32.6. The number of allylic oxidation sites excluding steroid dienone is 8. The zero-order valence-corrected chi connectivity index (χ0v) is 35.9. The van der Waals surface area contributed by atoms with Gasteiger partial charge in [0.05, 0.1) is 13.2 Å². The predicted molar refractivity (Wildman–Crippen MR) is 226 cm³/mol. The Morgan fingerprint density at radius 2 is 1.00 bits per heavy atom. The number of aliphatic carboxylic acids is 1. The third-order valence-electron chi connectivity index (χ3n) is 9.06. The van der Waals surface area contributed by atoms with E-state index in [4.69, 9.17) is 24.8 Å². The Kier molecular flexibility index (Phi) is 37.5. The zero-order valence-electron chi connectivity index (χ0n) is 35.0. The molecule has 0 aliphatic carbocycles. The Morgan fingerprint density at radius 1 is 0.571 bits per heavy atom. The van der Waals surface area contributed by atoms with E-state index in [2.05, 4.69) is 67.0 Å². The molecule has 0 saturated heterocycles. The molecule has 4 N–H and O–H groups in total. The van der Waals surface area contributed by atoms with Crippen molar-refractivity contribution in [1.82, 2.24) is 0 Å². The summed E-state index contributed by atoms with van der Waals surface area (Å²) in [6, 6.07) is -1.53. The SMILES string of the molecule is CC/C=C\C/C=C\C/C=C\CCCCCC(=O)OC(COC(=O)CCCCCCCCCCC/C=C\CCCCCCCC)COP(=O)(O)OCC(N)C(=O)O. The van der Waals surface area contributed by atoms with Gasteiger partial charge in [-0.25, -0.2) is 4.57 Å². The molecule has 0 amide bonds. The number of esters is 2. The van der Waals surface area contributed by atoms with Crippen LogP contribution in [0.3, 0.4) is 0 Å². The molecule has 0 radical (unpaired) electrons. The van der Waals surface area contributed by atoms with Gasteiger partial charge in [0.2, 0.25) is 0 Å². The van der Waals surface area contributed by atoms with E-state index >= 15 is 0 Å². The van der Waals surface area contributed by atoms with Crippen LogP contribution in [0.5, 0.6) is 0 Å². The molecule has 3 unspecified atom stereocenters. The maximum atomic E-state index is 12.6. The van der Waals surface area contributed by atoms with Crippen LogP contribution in [0.4, 0.5) is 0 Å². The summed E-state index contributed by atoms with van der Waals surface area (Å²) in [7, 11) is -4.72. The van der Waals surface area contributed by atoms with Gasteiger partial charge in [-0.15, -0.1) is 0 Å². The van der Waals surface area contributed by atoms with Crippen molar-refractivity contribution in [2.45, 2.75) is 193 Å². The third-order valence-corrected chi connectivity index (χ3v) is 10.0. The fourth-order valence-electron chi connectivity index (χ4n) is 5.66. The number of carboxylic acids is 1. The maximum Gasteiger partial charge on any atom is 0.472 e. The quantitative estimate of drug-likeness (QED) is 0.0233. The van der Waals surface area contributed by atoms with Crippen LogP contribution in [-0.4, -0.2) is 59.9 Å². The van der Waals surface area contributed by atoms with Crippen molar-refractivity contribution in [2.24, 2.45) is 5.73 Å². The van der Waals surface area contributed by atoms with E-state index in [1.807, 2.05) is 0 Å². The van der Waals surface area contributed by atoms with Crippen LogP contribution in [-0.2, 0) is 37.5 Å². The van der Waals surface area contributed by atoms with Gasteiger partial charge in [-0.05, 0) is 70.6 Å². The normalized spacial score (nSPS) is 14.2. The molecule has 0 rings (SSSR count). The predicted octanol–water partition coefficient (Wildman–Crippen LogP) is 11.4. The van der Waals surface area contributed by atoms with Crippen molar-refractivity contribution in [2.75, 3.05) is 19.8 Å². The Labute approximate surface area is 339 Å². The van der Waals surface area contributed by atoms with E-state index in [1.54, 1.807) is 0 Å². The molecule has 0 aliphatic rings. The smallest absolute Gasteiger partial charge is 0.472 e. The lowest BCUT2D eigenvalue weighted by Gasteiger charge is -2.20. The standard InChI is InChI=1S/C44H78NO10P/c1-3-5-7-9-11-13-15-17-18-19-20-21-22-24-25-27-29-31-33-35-42(46)52-37-40(38-53-56(50,51)54-39-41(45)44(48)49)55-43(47)36-34-32-30-28-26-23-16-14-12-10-8-6-4-2/h6,8,12,14,17-18,23,26,40-41H,3-5,7,9-11,13,15-16,19-22,24-25,27-39,45H2,1-2H3,(H,48,49)(H,50,51)/b8-6-,14-12-,18-17-,26-23-. The first-order valence-corrected chi connectivity index (χ1v) is 23.2. The molecular weight excluding hydrogens is 733 g/mol. The fraction of sp³-hybridized carbons (Fsp3) is 0.750. The zero-order chi connectivity index (χ0) is 41.4. The number of carboxylic acid groups (broad SMARTS) is 1. The number of hydrogen-bond acceptors (Lipinski definition) is 9. The van der Waals surface area contributed by atoms with Crippen molar-refractivity contribution in [3.63, 3.8) is 0 Å². The van der Waals surface area contributed by atoms with Gasteiger partial charge in [-0.3, -0.25) is 23.4 Å². The second-order valence-corrected chi connectivity index (χ2v) is 15.9. The van der Waals surface area contributed by atoms with Crippen LogP contribution in [0.25, 0.3) is 0 Å². The molecule has 0 fully saturated rings. The molecule has 0 aromatic rings. The van der Waals surface area contributed by atoms with Crippen LogP contribution in [0.2, 0.25) is 0 Å². The average Bonchev–Trinajstić information content (AvgIpc) is 3.17. The van der Waals surface area contributed by atoms with Gasteiger partial charge in [0.25, 0.3) is 0 Å². The molecular formula is C44H78NO10P. The second-order valence-electron chi connectivity index (χ2n) is 14.4. The topological polar surface area (TPSA) is 172 Å². The van der Waals surface area contributed by atoms with Crippen LogP contribution in [0.1, 0.15) is 181 Å². The molecule has 0 aliphatic heterocycles. The first-order valence-electron chi connectivity index (χ1n) is 21.7. The minimum absolute atomic E-state index is 0.125. The first-order chi connectivity index (χ1) is 27.1. The monoisotopic (exact) mass is 812 g/mol. The summed E-state index contributed by atoms with van der Waals surface area (Å²) in [4.78, 5) is 45.9. The van der Waals surface area contributed by atoms with Gasteiger partial charge in [0.15, 0.2) is 6.10 Å². The van der Waals surface area contributed by atoms with E-state index in [0.29, 0.717) is 12.8 Å². The lowest BCUT2D eigenvalue weighted by atomic mass is 10.1. The number of phosphoric ester groups is 1. The van der Waals surface area contributed by atoms with E-state index in [1.165, 1.54) is 83.5 Å². The summed E-state index contributed by atoms with van der Waals surface area (Å²) in [6.07, 6.45) is 43.3. The summed E-state index contributed by atoms with van der Waals surface area (Å²) in [5.74, 6) is -2.42. The number of unbranched alkanes of at least 4 members (excludes halogenated alkanes) is 18. The summed E-state index contributed by atoms with van der Waals surface area (Å²) in [5, 5.41) is 8.88. The Morgan fingerprint density at radius 3 is 1.54 bits per heavy atom. The van der Waals surface area contributed by atoms with E-state index in [-0.39, 0.29) is 19.4 Å². The highest BCUT2D eigenvalue weighted by atomic mass is 31.2. The molecule has 3 atom stereocenters. The Bertz CT molecular complexity index is 1140. The number of rotatable bonds is 40. The van der Waals surface area contributed by atoms with Gasteiger partial charge in [0.1, 0.15) is 12.6 Å². The Balaban J connectivity index is 4.35. The fourth-order valence-corrected chi connectivity index (χ4v) is 6.44. The number of phosphoric acid groups is 1. The van der Waals surface area contributed by atoms with Gasteiger partial charge in [-0.1, -0.05) is 146 Å². The van der Waals surface area contributed by atoms with Crippen molar-refractivity contribution >= 4 is 25.7 Å². The lowest BCUT2D eigenvalue weighted by molar-refractivity contribution is -0.161. The number of hydrogen-bond donors (Lipinski definition) is 3. The molecule has 0 aromatic carbocycles. The molecule has 0 bridgehead atoms. The van der Waals surface area contributed by atoms with Crippen molar-refractivity contribution in [3.05, 3.63) is 48.6 Å². The van der Waals surface area contributed by atoms with Crippen molar-refractivity contribution in [3.8, 4) is 0 Å². The number of nitrogens with two attached hydrogens (primary N) is 1. The van der Waals surface area contributed by atoms with Crippen LogP contribution in [0, 0.1) is 0 Å². The number of carbonyl (C=O) groups is 3. The van der Waals surface area contributed by atoms with Gasteiger partial charge in [0, 0.05) is 12.8 Å². The summed E-state index contributed by atoms with van der Waals surface area (Å²) in [6.45, 7) is 2.65. The molecule has 0 saturated carbocycles. The van der Waals surface area contributed by atoms with Crippen molar-refractivity contribution < 1.29 is 47.5 Å². The summed E-state index contributed by atoms with van der Waals surface area (Å²) >= 11 is 0. The summed E-state index contributed by atoms with van der Waals surface area (Å²) in [5.41, 5.74) is 5.33. The Hall–Kier alpha value is -2.56. The van der Waals surface area contributed by atoms with Gasteiger partial charge >= 0.3 is 25.7 Å². The van der Waals surface area contributed by atoms with Crippen LogP contribution >= 0.6 is 7.82 Å². The third kappa shape index (κ3) is 38.3. The highest BCUT2D eigenvalue weighted by molar-refractivity contribution is 7.47. The maximum absolute atomic E-state index is 12.6. The average molecular weight is 812 g/mol. The molecule has 56 heavy (non-hydrogen) atoms. The van der Waals surface area contributed by atoms with E-state index in [9.17, 15) is 23.8 Å². The van der Waals surface area contributed by atoms with Crippen LogP contribution in [0.15, 0.2) is 48.6 Å². The van der Waals surface area contributed by atoms with Crippen molar-refractivity contribution in [1.29, 1.82) is 0 Å². The minimum Gasteiger partial charge on any atom is -0.480 e. The van der Waals surface area contributed by atoms with Crippen LogP contribution < -0.4 is 5.73 Å². The van der Waals surface area contributed by atoms with E-state index < -0.39 is 51.1 Å². The number of carbonyl (C=O) groups excluding carboxylic acids is 2. The minimum atomic E-state index is -4.72. The second kappa shape index (κ2) is 39.3. The molecule has 0 heterocycles. The van der Waals surface area contributed by atoms with E-state index in [0.717, 1.165) is 57.8 Å². The lowest BCUT2D eigenvalue weighted by Crippen LogP contribution is -2.34.